The molecule has 2 aromatic carbocycles. The van der Waals surface area contributed by atoms with Gasteiger partial charge in [-0.1, -0.05) is 0 Å². The van der Waals surface area contributed by atoms with Gasteiger partial charge in [0.05, 0.1) is 37.0 Å². The predicted octanol–water partition coefficient (Wildman–Crippen LogP) is 4.91. The molecule has 1 N–H and O–H groups in total. The Morgan fingerprint density at radius 3 is 2.76 bits per heavy atom. The van der Waals surface area contributed by atoms with Gasteiger partial charge in [-0.15, -0.1) is 11.3 Å². The molecule has 0 radical (unpaired) electrons. The molecule has 1 aliphatic rings. The molecule has 9 heteroatoms. The highest BCUT2D eigenvalue weighted by Crippen LogP contribution is 2.46. The summed E-state index contributed by atoms with van der Waals surface area (Å²) in [6.07, 6.45) is 5.12. The second-order valence-electron chi connectivity index (χ2n) is 8.30. The first-order valence-corrected chi connectivity index (χ1v) is 11.7. The maximum absolute atomic E-state index is 13.9. The fourth-order valence-electron chi connectivity index (χ4n) is 4.39. The van der Waals surface area contributed by atoms with E-state index in [0.717, 1.165) is 29.7 Å². The molecule has 8 nitrogen and oxygen atoms in total. The normalized spacial score (nSPS) is 13.6. The Morgan fingerprint density at radius 2 is 2.06 bits per heavy atom. The molecule has 1 saturated carbocycles. The van der Waals surface area contributed by atoms with Crippen LogP contribution in [-0.2, 0) is 6.54 Å². The van der Waals surface area contributed by atoms with E-state index in [1.807, 2.05) is 18.2 Å². The number of aromatic hydroxyl groups is 1. The van der Waals surface area contributed by atoms with Crippen molar-refractivity contribution in [2.45, 2.75) is 25.3 Å². The molecular weight excluding hydrogens is 454 g/mol. The van der Waals surface area contributed by atoms with Crippen LogP contribution in [0.15, 0.2) is 52.1 Å². The highest BCUT2D eigenvalue weighted by molar-refractivity contribution is 7.25. The number of thiophene rings is 1. The molecule has 5 aromatic rings. The first-order valence-electron chi connectivity index (χ1n) is 10.9. The molecule has 6 rings (SSSR count). The Kier molecular flexibility index (Phi) is 4.80. The Labute approximate surface area is 198 Å². The molecule has 3 aromatic heterocycles. The molecule has 1 fully saturated rings. The van der Waals surface area contributed by atoms with Crippen molar-refractivity contribution in [2.24, 2.45) is 0 Å². The SMILES string of the molecule is COc1ccc(-c2nc3sc4c(O)c(OC)ccc4c3c(=O)n2Cc2cnco2)c(C2CC2)c1. The predicted molar refractivity (Wildman–Crippen MR) is 129 cm³/mol. The van der Waals surface area contributed by atoms with Crippen molar-refractivity contribution < 1.29 is 19.0 Å². The lowest BCUT2D eigenvalue weighted by atomic mass is 10.0. The standard InChI is InChI=1S/C25H21N3O5S/c1-31-14-5-6-16(18(9-14)13-3-4-13)23-27-24-20(25(30)28(23)11-15-10-26-12-33-15)17-7-8-19(32-2)21(29)22(17)34-24/h5-10,12-13,29H,3-4,11H2,1-2H3. The fraction of sp³-hybridized carbons (Fsp3) is 0.240. The number of methoxy groups -OCH3 is 2. The number of nitrogens with zero attached hydrogens (tertiary/aromatic N) is 3. The number of hydrogen-bond donors (Lipinski definition) is 1. The lowest BCUT2D eigenvalue weighted by molar-refractivity contribution is 0.377. The zero-order valence-corrected chi connectivity index (χ0v) is 19.4. The number of phenolic OH excluding ortho intramolecular Hbond substituents is 1. The molecule has 34 heavy (non-hydrogen) atoms. The fourth-order valence-corrected chi connectivity index (χ4v) is 5.49. The molecule has 0 spiro atoms. The highest BCUT2D eigenvalue weighted by Gasteiger charge is 2.29. The first-order chi connectivity index (χ1) is 16.6. The van der Waals surface area contributed by atoms with Crippen LogP contribution in [0.5, 0.6) is 17.2 Å². The summed E-state index contributed by atoms with van der Waals surface area (Å²) >= 11 is 1.28. The number of hydrogen-bond acceptors (Lipinski definition) is 8. The van der Waals surface area contributed by atoms with Crippen LogP contribution in [0.1, 0.15) is 30.1 Å². The van der Waals surface area contributed by atoms with Gasteiger partial charge in [-0.25, -0.2) is 9.97 Å². The summed E-state index contributed by atoms with van der Waals surface area (Å²) in [6.45, 7) is 0.187. The maximum Gasteiger partial charge on any atom is 0.263 e. The average Bonchev–Trinajstić information content (AvgIpc) is 3.44. The van der Waals surface area contributed by atoms with E-state index < -0.39 is 0 Å². The number of aromatic nitrogens is 3. The van der Waals surface area contributed by atoms with Gasteiger partial charge >= 0.3 is 0 Å². The summed E-state index contributed by atoms with van der Waals surface area (Å²) in [7, 11) is 3.14. The second kappa shape index (κ2) is 7.88. The van der Waals surface area contributed by atoms with Gasteiger partial charge < -0.3 is 19.0 Å². The lowest BCUT2D eigenvalue weighted by Gasteiger charge is -2.15. The van der Waals surface area contributed by atoms with Gasteiger partial charge in [-0.05, 0) is 54.7 Å². The zero-order chi connectivity index (χ0) is 23.4. The molecule has 0 unspecified atom stereocenters. The molecule has 0 bridgehead atoms. The number of rotatable bonds is 6. The Balaban J connectivity index is 1.67. The van der Waals surface area contributed by atoms with Crippen LogP contribution in [0, 0.1) is 0 Å². The first kappa shape index (κ1) is 20.7. The van der Waals surface area contributed by atoms with Crippen molar-refractivity contribution in [3.8, 4) is 28.6 Å². The molecule has 1 aliphatic carbocycles. The minimum atomic E-state index is -0.204. The smallest absolute Gasteiger partial charge is 0.263 e. The lowest BCUT2D eigenvalue weighted by Crippen LogP contribution is -2.24. The molecule has 172 valence electrons. The molecule has 3 heterocycles. The number of phenols is 1. The van der Waals surface area contributed by atoms with Crippen LogP contribution in [0.3, 0.4) is 0 Å². The third kappa shape index (κ3) is 3.23. The monoisotopic (exact) mass is 475 g/mol. The topological polar surface area (TPSA) is 99.6 Å². The molecule has 0 amide bonds. The van der Waals surface area contributed by atoms with Gasteiger partial charge in [0.2, 0.25) is 0 Å². The van der Waals surface area contributed by atoms with E-state index in [-0.39, 0.29) is 17.9 Å². The van der Waals surface area contributed by atoms with Crippen LogP contribution in [0.25, 0.3) is 31.7 Å². The molecule has 0 atom stereocenters. The summed E-state index contributed by atoms with van der Waals surface area (Å²) in [5.74, 6) is 2.65. The Morgan fingerprint density at radius 1 is 1.21 bits per heavy atom. The van der Waals surface area contributed by atoms with E-state index in [1.54, 1.807) is 30.0 Å². The number of oxazole rings is 1. The second-order valence-corrected chi connectivity index (χ2v) is 9.30. The summed E-state index contributed by atoms with van der Waals surface area (Å²) < 4.78 is 18.4. The van der Waals surface area contributed by atoms with Crippen molar-refractivity contribution in [1.82, 2.24) is 14.5 Å². The van der Waals surface area contributed by atoms with Crippen LogP contribution in [-0.4, -0.2) is 33.9 Å². The largest absolute Gasteiger partial charge is 0.503 e. The van der Waals surface area contributed by atoms with Crippen molar-refractivity contribution >= 4 is 31.6 Å². The maximum atomic E-state index is 13.9. The third-order valence-electron chi connectivity index (χ3n) is 6.23. The highest BCUT2D eigenvalue weighted by atomic mass is 32.1. The van der Waals surface area contributed by atoms with Crippen molar-refractivity contribution in [1.29, 1.82) is 0 Å². The summed E-state index contributed by atoms with van der Waals surface area (Å²) in [6, 6.07) is 9.33. The van der Waals surface area contributed by atoms with Crippen LogP contribution in [0.2, 0.25) is 0 Å². The third-order valence-corrected chi connectivity index (χ3v) is 7.34. The van der Waals surface area contributed by atoms with Gasteiger partial charge in [0.1, 0.15) is 22.2 Å². The van der Waals surface area contributed by atoms with E-state index in [0.29, 0.717) is 43.6 Å². The van der Waals surface area contributed by atoms with Gasteiger partial charge in [0, 0.05) is 10.9 Å². The van der Waals surface area contributed by atoms with Gasteiger partial charge in [0.15, 0.2) is 17.9 Å². The van der Waals surface area contributed by atoms with E-state index in [4.69, 9.17) is 18.9 Å². The van der Waals surface area contributed by atoms with Crippen molar-refractivity contribution in [3.05, 3.63) is 64.6 Å². The minimum Gasteiger partial charge on any atom is -0.503 e. The Hall–Kier alpha value is -3.85. The van der Waals surface area contributed by atoms with Crippen molar-refractivity contribution in [2.75, 3.05) is 14.2 Å². The number of benzene rings is 2. The van der Waals surface area contributed by atoms with E-state index in [2.05, 4.69) is 4.98 Å². The minimum absolute atomic E-state index is 0.00820. The Bertz CT molecular complexity index is 1600. The number of fused-ring (bicyclic) bond motifs is 3. The molecule has 0 saturated heterocycles. The zero-order valence-electron chi connectivity index (χ0n) is 18.6. The van der Waals surface area contributed by atoms with E-state index >= 15 is 0 Å². The summed E-state index contributed by atoms with van der Waals surface area (Å²) in [4.78, 5) is 23.5. The van der Waals surface area contributed by atoms with Crippen LogP contribution < -0.4 is 15.0 Å². The summed E-state index contributed by atoms with van der Waals surface area (Å²) in [5.41, 5.74) is 1.80. The van der Waals surface area contributed by atoms with Gasteiger partial charge in [-0.3, -0.25) is 9.36 Å². The van der Waals surface area contributed by atoms with E-state index in [9.17, 15) is 9.90 Å². The molecular formula is C25H21N3O5S. The van der Waals surface area contributed by atoms with Crippen LogP contribution >= 0.6 is 11.3 Å². The van der Waals surface area contributed by atoms with Crippen LogP contribution in [0.4, 0.5) is 0 Å². The quantitative estimate of drug-likeness (QED) is 0.372. The van der Waals surface area contributed by atoms with Crippen molar-refractivity contribution in [3.63, 3.8) is 0 Å². The van der Waals surface area contributed by atoms with Gasteiger partial charge in [-0.2, -0.15) is 0 Å². The summed E-state index contributed by atoms with van der Waals surface area (Å²) in [5, 5.41) is 11.8. The number of ether oxygens (including phenoxy) is 2. The van der Waals surface area contributed by atoms with E-state index in [1.165, 1.54) is 24.8 Å². The van der Waals surface area contributed by atoms with Gasteiger partial charge in [0.25, 0.3) is 5.56 Å². The average molecular weight is 476 g/mol. The molecule has 0 aliphatic heterocycles.